The minimum atomic E-state index is -0.0445. The second-order valence-corrected chi connectivity index (χ2v) is 12.1. The smallest absolute Gasteiger partial charge is 0.160 e. The minimum absolute atomic E-state index is 0.0445. The Labute approximate surface area is 260 Å². The number of fused-ring (bicyclic) bond motifs is 2. The second-order valence-electron chi connectivity index (χ2n) is 12.1. The SMILES string of the molecule is CC1=C(/C=C(\C)C#N)C2(CCCCC2)c2cccc(-c3cc(-c4ccc(-c5ccccc5)cc4)nc(-c4ccccc4)n3)c21. The van der Waals surface area contributed by atoms with E-state index >= 15 is 0 Å². The van der Waals surface area contributed by atoms with Gasteiger partial charge in [0.15, 0.2) is 5.82 Å². The quantitative estimate of drug-likeness (QED) is 0.198. The molecule has 214 valence electrons. The highest BCUT2D eigenvalue weighted by molar-refractivity contribution is 5.91. The number of benzene rings is 4. The molecule has 1 spiro atoms. The largest absolute Gasteiger partial charge is 0.228 e. The van der Waals surface area contributed by atoms with Crippen molar-refractivity contribution in [2.45, 2.75) is 51.4 Å². The van der Waals surface area contributed by atoms with Crippen molar-refractivity contribution >= 4 is 5.57 Å². The van der Waals surface area contributed by atoms with Gasteiger partial charge >= 0.3 is 0 Å². The Kier molecular flexibility index (Phi) is 7.28. The van der Waals surface area contributed by atoms with Crippen molar-refractivity contribution in [2.75, 3.05) is 0 Å². The Hall–Kier alpha value is -5.07. The summed E-state index contributed by atoms with van der Waals surface area (Å²) >= 11 is 0. The van der Waals surface area contributed by atoms with Crippen LogP contribution in [0.25, 0.3) is 50.6 Å². The van der Waals surface area contributed by atoms with Gasteiger partial charge in [0.25, 0.3) is 0 Å². The number of hydrogen-bond donors (Lipinski definition) is 0. The average Bonchev–Trinajstić information content (AvgIpc) is 3.31. The molecule has 0 atom stereocenters. The summed E-state index contributed by atoms with van der Waals surface area (Å²) < 4.78 is 0. The molecule has 0 bridgehead atoms. The molecule has 1 heterocycles. The van der Waals surface area contributed by atoms with Crippen molar-refractivity contribution in [1.82, 2.24) is 9.97 Å². The summed E-state index contributed by atoms with van der Waals surface area (Å²) in [6, 6.07) is 40.6. The van der Waals surface area contributed by atoms with E-state index in [1.165, 1.54) is 52.7 Å². The van der Waals surface area contributed by atoms with Gasteiger partial charge in [-0.2, -0.15) is 5.26 Å². The van der Waals surface area contributed by atoms with E-state index in [0.29, 0.717) is 0 Å². The van der Waals surface area contributed by atoms with Crippen LogP contribution in [0.2, 0.25) is 0 Å². The second kappa shape index (κ2) is 11.5. The Balaban J connectivity index is 1.41. The molecule has 0 radical (unpaired) electrons. The predicted octanol–water partition coefficient (Wildman–Crippen LogP) is 10.6. The van der Waals surface area contributed by atoms with Crippen LogP contribution in [0, 0.1) is 11.3 Å². The molecule has 0 amide bonds. The molecule has 4 aromatic carbocycles. The van der Waals surface area contributed by atoms with Crippen LogP contribution in [0.5, 0.6) is 0 Å². The molecule has 0 saturated heterocycles. The summed E-state index contributed by atoms with van der Waals surface area (Å²) in [5, 5.41) is 9.72. The highest BCUT2D eigenvalue weighted by atomic mass is 14.9. The zero-order valence-corrected chi connectivity index (χ0v) is 25.3. The number of hydrogen-bond acceptors (Lipinski definition) is 3. The average molecular weight is 570 g/mol. The van der Waals surface area contributed by atoms with Crippen LogP contribution >= 0.6 is 0 Å². The van der Waals surface area contributed by atoms with E-state index in [9.17, 15) is 5.26 Å². The summed E-state index contributed by atoms with van der Waals surface area (Å²) in [7, 11) is 0. The van der Waals surface area contributed by atoms with Crippen molar-refractivity contribution in [3.05, 3.63) is 138 Å². The molecule has 2 aliphatic carbocycles. The van der Waals surface area contributed by atoms with Gasteiger partial charge in [-0.05, 0) is 72.2 Å². The maximum absolute atomic E-state index is 9.72. The van der Waals surface area contributed by atoms with Gasteiger partial charge < -0.3 is 0 Å². The number of rotatable bonds is 5. The van der Waals surface area contributed by atoms with Gasteiger partial charge in [-0.3, -0.25) is 0 Å². The Morgan fingerprint density at radius 2 is 1.32 bits per heavy atom. The van der Waals surface area contributed by atoms with Gasteiger partial charge in [0.2, 0.25) is 0 Å². The zero-order valence-electron chi connectivity index (χ0n) is 25.3. The number of nitrogens with zero attached hydrogens (tertiary/aromatic N) is 3. The summed E-state index contributed by atoms with van der Waals surface area (Å²) in [6.45, 7) is 4.16. The standard InChI is InChI=1S/C41H35N3/c1-28(27-42)25-36-29(2)39-34(17-12-18-35(39)41(36)23-10-5-11-24-41)38-26-37(43-40(44-38)33-15-8-4-9-16-33)32-21-19-31(20-22-32)30-13-6-3-7-14-30/h3-4,6-9,12-22,25-26H,5,10-11,23-24H2,1-2H3/b28-25+. The first-order valence-corrected chi connectivity index (χ1v) is 15.6. The van der Waals surface area contributed by atoms with Crippen molar-refractivity contribution in [1.29, 1.82) is 5.26 Å². The van der Waals surface area contributed by atoms with E-state index in [1.54, 1.807) is 0 Å². The van der Waals surface area contributed by atoms with E-state index in [0.717, 1.165) is 52.3 Å². The van der Waals surface area contributed by atoms with Crippen molar-refractivity contribution in [3.8, 4) is 51.1 Å². The van der Waals surface area contributed by atoms with Gasteiger partial charge in [-0.15, -0.1) is 0 Å². The van der Waals surface area contributed by atoms with E-state index < -0.39 is 0 Å². The lowest BCUT2D eigenvalue weighted by Gasteiger charge is -2.37. The van der Waals surface area contributed by atoms with E-state index in [-0.39, 0.29) is 5.41 Å². The first-order valence-electron chi connectivity index (χ1n) is 15.6. The molecule has 3 nitrogen and oxygen atoms in total. The monoisotopic (exact) mass is 569 g/mol. The fourth-order valence-corrected chi connectivity index (χ4v) is 7.31. The maximum Gasteiger partial charge on any atom is 0.160 e. The van der Waals surface area contributed by atoms with E-state index in [4.69, 9.17) is 9.97 Å². The van der Waals surface area contributed by atoms with Crippen LogP contribution in [-0.4, -0.2) is 9.97 Å². The number of allylic oxidation sites excluding steroid dienone is 4. The molecule has 5 aromatic rings. The fourth-order valence-electron chi connectivity index (χ4n) is 7.31. The van der Waals surface area contributed by atoms with Crippen LogP contribution < -0.4 is 0 Å². The fraction of sp³-hybridized carbons (Fsp3) is 0.195. The predicted molar refractivity (Wildman–Crippen MR) is 181 cm³/mol. The first kappa shape index (κ1) is 27.7. The third-order valence-corrected chi connectivity index (χ3v) is 9.44. The molecule has 1 saturated carbocycles. The molecular weight excluding hydrogens is 534 g/mol. The Morgan fingerprint density at radius 1 is 0.705 bits per heavy atom. The molecule has 1 fully saturated rings. The van der Waals surface area contributed by atoms with Crippen LogP contribution in [0.4, 0.5) is 0 Å². The van der Waals surface area contributed by atoms with Gasteiger partial charge in [0.05, 0.1) is 17.5 Å². The van der Waals surface area contributed by atoms with Crippen LogP contribution in [0.1, 0.15) is 57.1 Å². The van der Waals surface area contributed by atoms with Gasteiger partial charge in [0.1, 0.15) is 0 Å². The van der Waals surface area contributed by atoms with Crippen molar-refractivity contribution in [3.63, 3.8) is 0 Å². The topological polar surface area (TPSA) is 49.6 Å². The van der Waals surface area contributed by atoms with E-state index in [2.05, 4.69) is 104 Å². The zero-order chi connectivity index (χ0) is 30.1. The number of aromatic nitrogens is 2. The maximum atomic E-state index is 9.72. The third-order valence-electron chi connectivity index (χ3n) is 9.44. The summed E-state index contributed by atoms with van der Waals surface area (Å²) in [5.74, 6) is 0.718. The van der Waals surface area contributed by atoms with Crippen LogP contribution in [0.3, 0.4) is 0 Å². The third kappa shape index (κ3) is 4.87. The lowest BCUT2D eigenvalue weighted by atomic mass is 9.66. The van der Waals surface area contributed by atoms with E-state index in [1.807, 2.05) is 31.2 Å². The Morgan fingerprint density at radius 3 is 2.00 bits per heavy atom. The van der Waals surface area contributed by atoms with Crippen LogP contribution in [-0.2, 0) is 5.41 Å². The van der Waals surface area contributed by atoms with Gasteiger partial charge in [-0.25, -0.2) is 9.97 Å². The molecule has 3 heteroatoms. The molecular formula is C41H35N3. The minimum Gasteiger partial charge on any atom is -0.228 e. The van der Waals surface area contributed by atoms with Crippen LogP contribution in [0.15, 0.2) is 126 Å². The molecule has 0 aliphatic heterocycles. The lowest BCUT2D eigenvalue weighted by Crippen LogP contribution is -2.29. The summed E-state index contributed by atoms with van der Waals surface area (Å²) in [4.78, 5) is 10.3. The highest BCUT2D eigenvalue weighted by Crippen LogP contribution is 2.56. The first-order chi connectivity index (χ1) is 21.6. The van der Waals surface area contributed by atoms with Gasteiger partial charge in [0, 0.05) is 27.7 Å². The van der Waals surface area contributed by atoms with Crippen molar-refractivity contribution < 1.29 is 0 Å². The van der Waals surface area contributed by atoms with Crippen molar-refractivity contribution in [2.24, 2.45) is 0 Å². The molecule has 44 heavy (non-hydrogen) atoms. The summed E-state index contributed by atoms with van der Waals surface area (Å²) in [6.07, 6.45) is 8.05. The molecule has 0 N–H and O–H groups in total. The van der Waals surface area contributed by atoms with Gasteiger partial charge in [-0.1, -0.05) is 122 Å². The molecule has 2 aliphatic rings. The lowest BCUT2D eigenvalue weighted by molar-refractivity contribution is 0.350. The number of nitriles is 1. The molecule has 7 rings (SSSR count). The molecule has 0 unspecified atom stereocenters. The normalized spacial score (nSPS) is 15.7. The Bertz CT molecular complexity index is 1940. The summed E-state index contributed by atoms with van der Waals surface area (Å²) in [5.41, 5.74) is 13.3. The highest BCUT2D eigenvalue weighted by Gasteiger charge is 2.44. The molecule has 1 aromatic heterocycles.